The lowest BCUT2D eigenvalue weighted by Gasteiger charge is -2.26. The Morgan fingerprint density at radius 3 is 3.05 bits per heavy atom. The number of imidazole rings is 1. The van der Waals surface area contributed by atoms with Gasteiger partial charge in [0.1, 0.15) is 11.4 Å². The number of hydrogen-bond donors (Lipinski definition) is 1. The van der Waals surface area contributed by atoms with Crippen LogP contribution < -0.4 is 0 Å². The second kappa shape index (κ2) is 5.36. The molecule has 1 fully saturated rings. The molecule has 1 N–H and O–H groups in total. The number of aromatic nitrogens is 2. The number of benzene rings is 1. The van der Waals surface area contributed by atoms with Gasteiger partial charge in [0.25, 0.3) is 0 Å². The van der Waals surface area contributed by atoms with Crippen LogP contribution in [0.25, 0.3) is 11.0 Å². The molecule has 0 saturated carbocycles. The largest absolute Gasteiger partial charge is 0.378 e. The van der Waals surface area contributed by atoms with Gasteiger partial charge in [-0.1, -0.05) is 0 Å². The fourth-order valence-corrected chi connectivity index (χ4v) is 3.28. The summed E-state index contributed by atoms with van der Waals surface area (Å²) in [6.07, 6.45) is 0.810. The van der Waals surface area contributed by atoms with Crippen LogP contribution in [0, 0.1) is 14.2 Å². The van der Waals surface area contributed by atoms with Crippen molar-refractivity contribution in [2.45, 2.75) is 18.6 Å². The number of halogens is 2. The highest BCUT2D eigenvalue weighted by molar-refractivity contribution is 14.1. The highest BCUT2D eigenvalue weighted by atomic mass is 127. The van der Waals surface area contributed by atoms with Gasteiger partial charge in [0.2, 0.25) is 0 Å². The van der Waals surface area contributed by atoms with Crippen molar-refractivity contribution in [3.63, 3.8) is 0 Å². The molecule has 1 atom stereocenters. The van der Waals surface area contributed by atoms with E-state index >= 15 is 0 Å². The summed E-state index contributed by atoms with van der Waals surface area (Å²) in [6.45, 7) is 1.77. The Kier molecular flexibility index (Phi) is 3.87. The Bertz CT molecular complexity index is 706. The maximum absolute atomic E-state index is 13.8. The van der Waals surface area contributed by atoms with E-state index in [0.717, 1.165) is 17.5 Å². The summed E-state index contributed by atoms with van der Waals surface area (Å²) in [6, 6.07) is 3.28. The third kappa shape index (κ3) is 2.40. The minimum absolute atomic E-state index is 0.241. The SMILES string of the molecule is COC1(Cn2c(=S)[nH]c3cc(I)c(F)cc32)CCOC1. The number of ether oxygens (including phenoxy) is 2. The quantitative estimate of drug-likeness (QED) is 0.626. The van der Waals surface area contributed by atoms with Crippen LogP contribution >= 0.6 is 34.8 Å². The molecule has 7 heteroatoms. The first-order valence-corrected chi connectivity index (χ1v) is 7.74. The van der Waals surface area contributed by atoms with Crippen LogP contribution in [0.5, 0.6) is 0 Å². The van der Waals surface area contributed by atoms with Gasteiger partial charge >= 0.3 is 0 Å². The molecule has 0 aliphatic carbocycles. The first-order valence-electron chi connectivity index (χ1n) is 6.25. The molecule has 4 nitrogen and oxygen atoms in total. The molecular weight excluding hydrogens is 394 g/mol. The van der Waals surface area contributed by atoms with E-state index in [1.165, 1.54) is 6.07 Å². The fourth-order valence-electron chi connectivity index (χ4n) is 2.54. The van der Waals surface area contributed by atoms with E-state index in [2.05, 4.69) is 4.98 Å². The Hall–Kier alpha value is -0.510. The first-order chi connectivity index (χ1) is 9.54. The van der Waals surface area contributed by atoms with Crippen molar-refractivity contribution < 1.29 is 13.9 Å². The van der Waals surface area contributed by atoms with Gasteiger partial charge in [-0.25, -0.2) is 4.39 Å². The van der Waals surface area contributed by atoms with Crippen LogP contribution in [0.1, 0.15) is 6.42 Å². The fraction of sp³-hybridized carbons (Fsp3) is 0.462. The summed E-state index contributed by atoms with van der Waals surface area (Å²) in [5.74, 6) is -0.241. The third-order valence-electron chi connectivity index (χ3n) is 3.76. The number of hydrogen-bond acceptors (Lipinski definition) is 3. The number of nitrogens with one attached hydrogen (secondary N) is 1. The number of aromatic amines is 1. The van der Waals surface area contributed by atoms with Gasteiger partial charge < -0.3 is 19.0 Å². The number of nitrogens with zero attached hydrogens (tertiary/aromatic N) is 1. The monoisotopic (exact) mass is 408 g/mol. The highest BCUT2D eigenvalue weighted by Gasteiger charge is 2.36. The van der Waals surface area contributed by atoms with E-state index in [1.54, 1.807) is 13.2 Å². The molecule has 0 spiro atoms. The summed E-state index contributed by atoms with van der Waals surface area (Å²) < 4.78 is 27.9. The van der Waals surface area contributed by atoms with Crippen molar-refractivity contribution in [1.29, 1.82) is 0 Å². The van der Waals surface area contributed by atoms with Gasteiger partial charge in [0.15, 0.2) is 4.77 Å². The number of rotatable bonds is 3. The first kappa shape index (κ1) is 14.4. The van der Waals surface area contributed by atoms with E-state index < -0.39 is 0 Å². The minimum atomic E-state index is -0.382. The van der Waals surface area contributed by atoms with Crippen LogP contribution in [-0.4, -0.2) is 35.5 Å². The van der Waals surface area contributed by atoms with Crippen molar-refractivity contribution in [3.8, 4) is 0 Å². The molecule has 20 heavy (non-hydrogen) atoms. The van der Waals surface area contributed by atoms with Crippen molar-refractivity contribution in [2.75, 3.05) is 20.3 Å². The topological polar surface area (TPSA) is 39.2 Å². The molecule has 2 heterocycles. The normalized spacial score (nSPS) is 22.8. The molecule has 108 valence electrons. The molecular formula is C13H14FIN2O2S. The van der Waals surface area contributed by atoms with Crippen LogP contribution in [0.15, 0.2) is 12.1 Å². The zero-order valence-electron chi connectivity index (χ0n) is 10.9. The average Bonchev–Trinajstić information content (AvgIpc) is 2.99. The van der Waals surface area contributed by atoms with Crippen molar-refractivity contribution in [3.05, 3.63) is 26.3 Å². The van der Waals surface area contributed by atoms with Crippen LogP contribution in [-0.2, 0) is 16.0 Å². The predicted molar refractivity (Wildman–Crippen MR) is 85.0 cm³/mol. The second-order valence-electron chi connectivity index (χ2n) is 4.99. The third-order valence-corrected chi connectivity index (χ3v) is 4.91. The predicted octanol–water partition coefficient (Wildman–Crippen LogP) is 3.25. The summed E-state index contributed by atoms with van der Waals surface area (Å²) in [5, 5.41) is 0. The van der Waals surface area contributed by atoms with E-state index in [4.69, 9.17) is 21.7 Å². The molecule has 2 aromatic rings. The lowest BCUT2D eigenvalue weighted by molar-refractivity contribution is -0.0290. The van der Waals surface area contributed by atoms with Gasteiger partial charge in [0, 0.05) is 26.2 Å². The molecule has 1 aromatic carbocycles. The molecule has 1 aromatic heterocycles. The number of H-pyrrole nitrogens is 1. The van der Waals surface area contributed by atoms with Crippen LogP contribution in [0.4, 0.5) is 4.39 Å². The van der Waals surface area contributed by atoms with Crippen LogP contribution in [0.3, 0.4) is 0 Å². The number of fused-ring (bicyclic) bond motifs is 1. The van der Waals surface area contributed by atoms with Crippen molar-refractivity contribution in [2.24, 2.45) is 0 Å². The van der Waals surface area contributed by atoms with Gasteiger partial charge in [-0.3, -0.25) is 0 Å². The Morgan fingerprint density at radius 2 is 2.40 bits per heavy atom. The van der Waals surface area contributed by atoms with E-state index in [9.17, 15) is 4.39 Å². The molecule has 0 radical (unpaired) electrons. The summed E-state index contributed by atoms with van der Waals surface area (Å²) in [5.41, 5.74) is 1.22. The van der Waals surface area contributed by atoms with Gasteiger partial charge in [0.05, 0.1) is 27.8 Å². The van der Waals surface area contributed by atoms with Gasteiger partial charge in [-0.05, 0) is 40.9 Å². The van der Waals surface area contributed by atoms with Crippen molar-refractivity contribution >= 4 is 45.8 Å². The Morgan fingerprint density at radius 1 is 1.60 bits per heavy atom. The zero-order valence-corrected chi connectivity index (χ0v) is 13.9. The molecule has 0 amide bonds. The number of methoxy groups -OCH3 is 1. The Balaban J connectivity index is 2.09. The molecule has 1 unspecified atom stereocenters. The molecule has 3 rings (SSSR count). The maximum atomic E-state index is 13.8. The Labute approximate surface area is 134 Å². The standard InChI is InChI=1S/C13H14FIN2O2S/c1-18-13(2-3-19-7-13)6-17-11-4-8(14)9(15)5-10(11)16-12(17)20/h4-5H,2-3,6-7H2,1H3,(H,16,20). The van der Waals surface area contributed by atoms with E-state index in [-0.39, 0.29) is 11.4 Å². The van der Waals surface area contributed by atoms with E-state index in [0.29, 0.717) is 28.1 Å². The van der Waals surface area contributed by atoms with Gasteiger partial charge in [-0.2, -0.15) is 0 Å². The smallest absolute Gasteiger partial charge is 0.178 e. The zero-order chi connectivity index (χ0) is 14.3. The average molecular weight is 408 g/mol. The van der Waals surface area contributed by atoms with Gasteiger partial charge in [-0.15, -0.1) is 0 Å². The molecule has 0 bridgehead atoms. The lowest BCUT2D eigenvalue weighted by atomic mass is 10.0. The van der Waals surface area contributed by atoms with E-state index in [1.807, 2.05) is 27.2 Å². The summed E-state index contributed by atoms with van der Waals surface area (Å²) >= 11 is 7.33. The van der Waals surface area contributed by atoms with Crippen molar-refractivity contribution in [1.82, 2.24) is 9.55 Å². The molecule has 1 aliphatic heterocycles. The molecule has 1 aliphatic rings. The second-order valence-corrected chi connectivity index (χ2v) is 6.54. The van der Waals surface area contributed by atoms with Crippen LogP contribution in [0.2, 0.25) is 0 Å². The summed E-state index contributed by atoms with van der Waals surface area (Å²) in [4.78, 5) is 3.12. The minimum Gasteiger partial charge on any atom is -0.378 e. The maximum Gasteiger partial charge on any atom is 0.178 e. The highest BCUT2D eigenvalue weighted by Crippen LogP contribution is 2.28. The lowest BCUT2D eigenvalue weighted by Crippen LogP contribution is -2.37. The summed E-state index contributed by atoms with van der Waals surface area (Å²) in [7, 11) is 1.68. The molecule has 1 saturated heterocycles.